The molecule has 0 saturated heterocycles. The van der Waals surface area contributed by atoms with Crippen molar-refractivity contribution in [1.29, 1.82) is 0 Å². The van der Waals surface area contributed by atoms with Gasteiger partial charge < -0.3 is 5.11 Å². The number of aryl methyl sites for hydroxylation is 2. The van der Waals surface area contributed by atoms with Crippen molar-refractivity contribution < 1.29 is 9.50 Å². The van der Waals surface area contributed by atoms with E-state index >= 15 is 0 Å². The molecule has 0 aliphatic carbocycles. The summed E-state index contributed by atoms with van der Waals surface area (Å²) in [5.41, 5.74) is 2.21. The summed E-state index contributed by atoms with van der Waals surface area (Å²) in [4.78, 5) is 4.04. The van der Waals surface area contributed by atoms with Crippen molar-refractivity contribution in [2.45, 2.75) is 32.8 Å². The molecule has 0 spiro atoms. The van der Waals surface area contributed by atoms with Crippen LogP contribution in [0.15, 0.2) is 36.5 Å². The number of rotatable bonds is 3. The number of hydrogen-bond donors (Lipinski definition) is 1. The van der Waals surface area contributed by atoms with E-state index in [1.165, 1.54) is 6.07 Å². The summed E-state index contributed by atoms with van der Waals surface area (Å²) >= 11 is 0. The van der Waals surface area contributed by atoms with Gasteiger partial charge in [-0.25, -0.2) is 4.39 Å². The topological polar surface area (TPSA) is 33.1 Å². The first-order valence-electron chi connectivity index (χ1n) is 6.39. The predicted molar refractivity (Wildman–Crippen MR) is 73.4 cm³/mol. The number of halogens is 1. The molecule has 1 N–H and O–H groups in total. The van der Waals surface area contributed by atoms with Crippen LogP contribution in [0.3, 0.4) is 0 Å². The van der Waals surface area contributed by atoms with E-state index in [9.17, 15) is 9.50 Å². The zero-order valence-corrected chi connectivity index (χ0v) is 11.4. The zero-order chi connectivity index (χ0) is 14.0. The minimum Gasteiger partial charge on any atom is -0.379 e. The van der Waals surface area contributed by atoms with Crippen molar-refractivity contribution in [3.05, 3.63) is 64.7 Å². The minimum absolute atomic E-state index is 0.400. The first kappa shape index (κ1) is 13.7. The molecule has 0 radical (unpaired) electrons. The molecule has 0 aliphatic rings. The lowest BCUT2D eigenvalue weighted by Gasteiger charge is -2.28. The Hall–Kier alpha value is -1.74. The van der Waals surface area contributed by atoms with Crippen LogP contribution in [-0.4, -0.2) is 10.1 Å². The number of aromatic nitrogens is 1. The van der Waals surface area contributed by atoms with Gasteiger partial charge in [-0.1, -0.05) is 30.7 Å². The van der Waals surface area contributed by atoms with Gasteiger partial charge in [0.25, 0.3) is 0 Å². The summed E-state index contributed by atoms with van der Waals surface area (Å²) in [5.74, 6) is -0.400. The Bertz CT molecular complexity index is 580. The number of benzene rings is 1. The lowest BCUT2D eigenvalue weighted by molar-refractivity contribution is 0.0710. The second kappa shape index (κ2) is 5.10. The van der Waals surface area contributed by atoms with Crippen LogP contribution in [0.4, 0.5) is 4.39 Å². The Morgan fingerprint density at radius 1 is 1.21 bits per heavy atom. The molecular formula is C16H18FNO. The maximum atomic E-state index is 13.0. The molecule has 3 heteroatoms. The Morgan fingerprint density at radius 3 is 2.53 bits per heavy atom. The minimum atomic E-state index is -1.18. The third-order valence-corrected chi connectivity index (χ3v) is 3.50. The molecule has 1 unspecified atom stereocenters. The summed E-state index contributed by atoms with van der Waals surface area (Å²) < 4.78 is 13.0. The van der Waals surface area contributed by atoms with Crippen molar-refractivity contribution in [2.24, 2.45) is 0 Å². The number of hydrogen-bond acceptors (Lipinski definition) is 2. The van der Waals surface area contributed by atoms with Gasteiger partial charge in [0.1, 0.15) is 11.4 Å². The molecule has 0 fully saturated rings. The third kappa shape index (κ3) is 2.51. The highest BCUT2D eigenvalue weighted by molar-refractivity contribution is 5.40. The van der Waals surface area contributed by atoms with E-state index in [0.29, 0.717) is 12.1 Å². The quantitative estimate of drug-likeness (QED) is 0.915. The van der Waals surface area contributed by atoms with Crippen LogP contribution < -0.4 is 0 Å². The highest BCUT2D eigenvalue weighted by Crippen LogP contribution is 2.34. The smallest absolute Gasteiger partial charge is 0.141 e. The highest BCUT2D eigenvalue weighted by Gasteiger charge is 2.32. The maximum absolute atomic E-state index is 13.0. The summed E-state index contributed by atoms with van der Waals surface area (Å²) in [7, 11) is 0. The fourth-order valence-corrected chi connectivity index (χ4v) is 2.31. The van der Waals surface area contributed by atoms with E-state index in [4.69, 9.17) is 0 Å². The zero-order valence-electron chi connectivity index (χ0n) is 11.4. The summed E-state index contributed by atoms with van der Waals surface area (Å²) in [5, 5.41) is 11.0. The van der Waals surface area contributed by atoms with Gasteiger partial charge in [-0.15, -0.1) is 0 Å². The average molecular weight is 259 g/mol. The Labute approximate surface area is 112 Å². The molecule has 2 nitrogen and oxygen atoms in total. The monoisotopic (exact) mass is 259 g/mol. The van der Waals surface area contributed by atoms with E-state index in [1.54, 1.807) is 6.07 Å². The molecular weight excluding hydrogens is 241 g/mol. The van der Waals surface area contributed by atoms with Gasteiger partial charge >= 0.3 is 0 Å². The highest BCUT2D eigenvalue weighted by atomic mass is 19.1. The van der Waals surface area contributed by atoms with Gasteiger partial charge in [0.15, 0.2) is 0 Å². The van der Waals surface area contributed by atoms with E-state index in [0.717, 1.165) is 22.9 Å². The fraction of sp³-hybridized carbons (Fsp3) is 0.312. The Balaban J connectivity index is 2.59. The molecule has 1 aromatic heterocycles. The Kier molecular flexibility index (Phi) is 3.67. The normalized spacial score (nSPS) is 14.2. The fourth-order valence-electron chi connectivity index (χ4n) is 2.31. The number of pyridine rings is 1. The van der Waals surface area contributed by atoms with Crippen LogP contribution in [-0.2, 0) is 5.60 Å². The second-order valence-corrected chi connectivity index (χ2v) is 4.89. The van der Waals surface area contributed by atoms with Crippen LogP contribution >= 0.6 is 0 Å². The van der Waals surface area contributed by atoms with Crippen LogP contribution in [0, 0.1) is 19.7 Å². The van der Waals surface area contributed by atoms with Crippen molar-refractivity contribution in [2.75, 3.05) is 0 Å². The van der Waals surface area contributed by atoms with Crippen LogP contribution in [0.25, 0.3) is 0 Å². The largest absolute Gasteiger partial charge is 0.379 e. The molecule has 100 valence electrons. The molecule has 0 bridgehead atoms. The molecule has 1 heterocycles. The summed E-state index contributed by atoms with van der Waals surface area (Å²) in [6.07, 6.45) is 1.62. The Morgan fingerprint density at radius 2 is 1.95 bits per heavy atom. The van der Waals surface area contributed by atoms with Gasteiger partial charge in [0.05, 0.1) is 11.9 Å². The molecule has 0 amide bonds. The van der Waals surface area contributed by atoms with Crippen molar-refractivity contribution in [1.82, 2.24) is 4.98 Å². The van der Waals surface area contributed by atoms with E-state index in [2.05, 4.69) is 4.98 Å². The first-order valence-corrected chi connectivity index (χ1v) is 6.39. The number of aliphatic hydroxyl groups is 1. The van der Waals surface area contributed by atoms with E-state index in [1.807, 2.05) is 39.0 Å². The van der Waals surface area contributed by atoms with Gasteiger partial charge in [0.2, 0.25) is 0 Å². The standard InChI is InChI=1S/C16H18FNO/c1-4-16(19,15-8-7-13(17)10-18-15)14-9-11(2)5-6-12(14)3/h5-10,19H,4H2,1-3H3. The lowest BCUT2D eigenvalue weighted by atomic mass is 9.84. The van der Waals surface area contributed by atoms with Crippen molar-refractivity contribution in [3.63, 3.8) is 0 Å². The van der Waals surface area contributed by atoms with E-state index in [-0.39, 0.29) is 0 Å². The third-order valence-electron chi connectivity index (χ3n) is 3.50. The van der Waals surface area contributed by atoms with Crippen LogP contribution in [0.1, 0.15) is 35.7 Å². The van der Waals surface area contributed by atoms with Gasteiger partial charge in [0, 0.05) is 0 Å². The molecule has 2 aromatic rings. The van der Waals surface area contributed by atoms with Gasteiger partial charge in [-0.05, 0) is 43.5 Å². The maximum Gasteiger partial charge on any atom is 0.141 e. The molecule has 2 rings (SSSR count). The molecule has 1 atom stereocenters. The lowest BCUT2D eigenvalue weighted by Crippen LogP contribution is -2.28. The molecule has 0 aliphatic heterocycles. The number of nitrogens with zero attached hydrogens (tertiary/aromatic N) is 1. The van der Waals surface area contributed by atoms with Crippen LogP contribution in [0.5, 0.6) is 0 Å². The summed E-state index contributed by atoms with van der Waals surface area (Å²) in [6, 6.07) is 8.82. The van der Waals surface area contributed by atoms with Crippen molar-refractivity contribution >= 4 is 0 Å². The molecule has 0 saturated carbocycles. The molecule has 19 heavy (non-hydrogen) atoms. The van der Waals surface area contributed by atoms with Crippen molar-refractivity contribution in [3.8, 4) is 0 Å². The van der Waals surface area contributed by atoms with E-state index < -0.39 is 11.4 Å². The van der Waals surface area contributed by atoms with Crippen LogP contribution in [0.2, 0.25) is 0 Å². The molecule has 1 aromatic carbocycles. The summed E-state index contributed by atoms with van der Waals surface area (Å²) in [6.45, 7) is 5.84. The average Bonchev–Trinajstić information content (AvgIpc) is 2.41. The SMILES string of the molecule is CCC(O)(c1ccc(F)cn1)c1cc(C)ccc1C. The van der Waals surface area contributed by atoms with Gasteiger partial charge in [-0.3, -0.25) is 4.98 Å². The van der Waals surface area contributed by atoms with Gasteiger partial charge in [-0.2, -0.15) is 0 Å². The second-order valence-electron chi connectivity index (χ2n) is 4.89. The predicted octanol–water partition coefficient (Wildman–Crippen LogP) is 3.48. The first-order chi connectivity index (χ1) is 8.97.